The third-order valence-electron chi connectivity index (χ3n) is 7.03. The molecule has 0 spiro atoms. The molecule has 2 unspecified atom stereocenters. The molecule has 220 valence electrons. The molecule has 1 heterocycles. The Balaban J connectivity index is 2.13. The highest BCUT2D eigenvalue weighted by molar-refractivity contribution is 7.88. The van der Waals surface area contributed by atoms with E-state index in [1.165, 1.54) is 18.2 Å². The fourth-order valence-electron chi connectivity index (χ4n) is 5.22. The van der Waals surface area contributed by atoms with Crippen molar-refractivity contribution in [3.63, 3.8) is 0 Å². The molecule has 0 bridgehead atoms. The normalized spacial score (nSPS) is 14.0. The van der Waals surface area contributed by atoms with Crippen molar-refractivity contribution in [2.75, 3.05) is 12.8 Å². The Hall–Kier alpha value is -3.63. The maximum Gasteiger partial charge on any atom is 0.253 e. The smallest absolute Gasteiger partial charge is 0.253 e. The van der Waals surface area contributed by atoms with Gasteiger partial charge in [-0.25, -0.2) is 17.1 Å². The number of rotatable bonds is 12. The van der Waals surface area contributed by atoms with Crippen LogP contribution in [0, 0.1) is 5.82 Å². The lowest BCUT2D eigenvalue weighted by atomic mass is 9.80. The molecule has 3 atom stereocenters. The van der Waals surface area contributed by atoms with Crippen molar-refractivity contribution in [2.45, 2.75) is 64.1 Å². The summed E-state index contributed by atoms with van der Waals surface area (Å²) in [4.78, 5) is 34.0. The Morgan fingerprint density at radius 2 is 1.46 bits per heavy atom. The maximum atomic E-state index is 14.3. The summed E-state index contributed by atoms with van der Waals surface area (Å²) in [6.45, 7) is 7.34. The van der Waals surface area contributed by atoms with Gasteiger partial charge in [-0.05, 0) is 62.9 Å². The molecule has 10 heteroatoms. The number of pyridine rings is 1. The van der Waals surface area contributed by atoms with E-state index in [0.29, 0.717) is 11.1 Å². The zero-order chi connectivity index (χ0) is 30.3. The van der Waals surface area contributed by atoms with Crippen molar-refractivity contribution in [3.8, 4) is 0 Å². The Kier molecular flexibility index (Phi) is 10.8. The van der Waals surface area contributed by atoms with E-state index in [4.69, 9.17) is 5.73 Å². The van der Waals surface area contributed by atoms with E-state index in [-0.39, 0.29) is 36.5 Å². The van der Waals surface area contributed by atoms with Crippen LogP contribution >= 0.6 is 0 Å². The second-order valence-corrected chi connectivity index (χ2v) is 12.7. The molecular formula is C31H39FN4O4S. The Morgan fingerprint density at radius 3 is 2.00 bits per heavy atom. The van der Waals surface area contributed by atoms with Gasteiger partial charge in [-0.2, -0.15) is 0 Å². The minimum absolute atomic E-state index is 0.139. The van der Waals surface area contributed by atoms with Crippen molar-refractivity contribution in [3.05, 3.63) is 102 Å². The van der Waals surface area contributed by atoms with Crippen LogP contribution < -0.4 is 5.73 Å². The van der Waals surface area contributed by atoms with Crippen LogP contribution in [0.1, 0.15) is 56.2 Å². The molecule has 3 rings (SSSR count). The second-order valence-electron chi connectivity index (χ2n) is 10.7. The number of amides is 2. The first-order chi connectivity index (χ1) is 19.3. The third-order valence-corrected chi connectivity index (χ3v) is 8.16. The maximum absolute atomic E-state index is 14.3. The molecule has 3 aromatic rings. The number of nitrogens with two attached hydrogens (primary N) is 1. The molecular weight excluding hydrogens is 543 g/mol. The number of hydrogen-bond acceptors (Lipinski definition) is 6. The van der Waals surface area contributed by atoms with Crippen LogP contribution in [0.15, 0.2) is 79.1 Å². The first-order valence-electron chi connectivity index (χ1n) is 13.6. The van der Waals surface area contributed by atoms with Crippen molar-refractivity contribution >= 4 is 21.8 Å². The minimum Gasteiger partial charge on any atom is -0.337 e. The zero-order valence-corrected chi connectivity index (χ0v) is 25.0. The van der Waals surface area contributed by atoms with E-state index in [0.717, 1.165) is 10.6 Å². The van der Waals surface area contributed by atoms with Gasteiger partial charge in [0.15, 0.2) is 0 Å². The predicted octanol–water partition coefficient (Wildman–Crippen LogP) is 4.09. The first-order valence-corrected chi connectivity index (χ1v) is 15.4. The Morgan fingerprint density at radius 1 is 0.878 bits per heavy atom. The number of aromatic nitrogens is 1. The van der Waals surface area contributed by atoms with Crippen LogP contribution in [-0.4, -0.2) is 65.3 Å². The molecule has 8 nitrogen and oxygen atoms in total. The standard InChI is InChI=1S/C31H39FN4O4S/c1-21(2)36(22(3)4)31(38)29(25-15-11-17-34-19-25)26(23-12-7-6-8-13-23)20-35(41(5,39)40)30(37)28(33)18-24-14-9-10-16-27(24)32/h6-17,19,21-22,26,28-29H,18,20,33H2,1-5H3/t26?,28-,29?/m0/s1. The third kappa shape index (κ3) is 7.98. The summed E-state index contributed by atoms with van der Waals surface area (Å²) in [5.74, 6) is -3.26. The highest BCUT2D eigenvalue weighted by Crippen LogP contribution is 2.37. The van der Waals surface area contributed by atoms with Crippen LogP contribution in [0.3, 0.4) is 0 Å². The molecule has 1 aromatic heterocycles. The molecule has 0 fully saturated rings. The van der Waals surface area contributed by atoms with Gasteiger partial charge in [-0.15, -0.1) is 0 Å². The summed E-state index contributed by atoms with van der Waals surface area (Å²) >= 11 is 0. The zero-order valence-electron chi connectivity index (χ0n) is 24.1. The van der Waals surface area contributed by atoms with Gasteiger partial charge in [0.1, 0.15) is 5.82 Å². The second kappa shape index (κ2) is 13.8. The fraction of sp³-hybridized carbons (Fsp3) is 0.387. The molecule has 2 aromatic carbocycles. The number of sulfonamides is 1. The van der Waals surface area contributed by atoms with Crippen LogP contribution in [0.2, 0.25) is 0 Å². The molecule has 0 saturated carbocycles. The van der Waals surface area contributed by atoms with Gasteiger partial charge < -0.3 is 10.6 Å². The first kappa shape index (κ1) is 31.9. The van der Waals surface area contributed by atoms with E-state index in [1.54, 1.807) is 59.8 Å². The largest absolute Gasteiger partial charge is 0.337 e. The Labute approximate surface area is 242 Å². The minimum atomic E-state index is -4.14. The highest BCUT2D eigenvalue weighted by Gasteiger charge is 2.40. The molecule has 0 aliphatic carbocycles. The number of carbonyl (C=O) groups excluding carboxylic acids is 2. The van der Waals surface area contributed by atoms with Gasteiger partial charge in [0.2, 0.25) is 15.9 Å². The van der Waals surface area contributed by atoms with Gasteiger partial charge in [0.05, 0.1) is 18.2 Å². The van der Waals surface area contributed by atoms with Gasteiger partial charge in [-0.1, -0.05) is 54.6 Å². The van der Waals surface area contributed by atoms with E-state index in [9.17, 15) is 22.4 Å². The number of benzene rings is 2. The van der Waals surface area contributed by atoms with Crippen LogP contribution in [-0.2, 0) is 26.0 Å². The molecule has 2 N–H and O–H groups in total. The quantitative estimate of drug-likeness (QED) is 0.344. The van der Waals surface area contributed by atoms with Crippen molar-refractivity contribution < 1.29 is 22.4 Å². The lowest BCUT2D eigenvalue weighted by molar-refractivity contribution is -0.138. The van der Waals surface area contributed by atoms with Crippen LogP contribution in [0.4, 0.5) is 4.39 Å². The lowest BCUT2D eigenvalue weighted by Gasteiger charge is -2.38. The number of nitrogens with zero attached hydrogens (tertiary/aromatic N) is 3. The summed E-state index contributed by atoms with van der Waals surface area (Å²) in [5, 5.41) is 0. The monoisotopic (exact) mass is 582 g/mol. The molecule has 0 saturated heterocycles. The average Bonchev–Trinajstić information content (AvgIpc) is 2.91. The molecule has 2 amide bonds. The van der Waals surface area contributed by atoms with E-state index in [2.05, 4.69) is 4.98 Å². The molecule has 0 radical (unpaired) electrons. The number of halogens is 1. The molecule has 0 aliphatic rings. The SMILES string of the molecule is CC(C)N(C(=O)C(c1cccnc1)C(CN(C(=O)[C@@H](N)Cc1ccccc1F)S(C)(=O)=O)c1ccccc1)C(C)C. The van der Waals surface area contributed by atoms with E-state index >= 15 is 0 Å². The topological polar surface area (TPSA) is 114 Å². The molecule has 0 aliphatic heterocycles. The summed E-state index contributed by atoms with van der Waals surface area (Å²) in [6.07, 6.45) is 3.93. The summed E-state index contributed by atoms with van der Waals surface area (Å²) in [7, 11) is -4.14. The van der Waals surface area contributed by atoms with Gasteiger partial charge in [0.25, 0.3) is 5.91 Å². The van der Waals surface area contributed by atoms with Gasteiger partial charge in [-0.3, -0.25) is 14.6 Å². The molecule has 41 heavy (non-hydrogen) atoms. The van der Waals surface area contributed by atoms with Crippen molar-refractivity contribution in [1.82, 2.24) is 14.2 Å². The van der Waals surface area contributed by atoms with E-state index < -0.39 is 39.6 Å². The lowest BCUT2D eigenvalue weighted by Crippen LogP contribution is -2.51. The van der Waals surface area contributed by atoms with Crippen LogP contribution in [0.25, 0.3) is 0 Å². The fourth-order valence-corrected chi connectivity index (χ4v) is 6.11. The average molecular weight is 583 g/mol. The highest BCUT2D eigenvalue weighted by atomic mass is 32.2. The number of hydrogen-bond donors (Lipinski definition) is 1. The Bertz CT molecular complexity index is 1410. The van der Waals surface area contributed by atoms with Crippen LogP contribution in [0.5, 0.6) is 0 Å². The van der Waals surface area contributed by atoms with Crippen molar-refractivity contribution in [2.24, 2.45) is 5.73 Å². The summed E-state index contributed by atoms with van der Waals surface area (Å²) in [5.41, 5.74) is 7.66. The van der Waals surface area contributed by atoms with Gasteiger partial charge >= 0.3 is 0 Å². The van der Waals surface area contributed by atoms with Crippen molar-refractivity contribution in [1.29, 1.82) is 0 Å². The predicted molar refractivity (Wildman–Crippen MR) is 158 cm³/mol. The van der Waals surface area contributed by atoms with E-state index in [1.807, 2.05) is 33.8 Å². The number of carbonyl (C=O) groups is 2. The summed E-state index contributed by atoms with van der Waals surface area (Å²) < 4.78 is 41.3. The summed E-state index contributed by atoms with van der Waals surface area (Å²) in [6, 6.07) is 16.8. The van der Waals surface area contributed by atoms with Gasteiger partial charge in [0, 0.05) is 36.9 Å².